The molecule has 2 heteroatoms. The predicted octanol–water partition coefficient (Wildman–Crippen LogP) is 4.34. The highest BCUT2D eigenvalue weighted by molar-refractivity contribution is 5.10. The van der Waals surface area contributed by atoms with Crippen molar-refractivity contribution in [3.05, 3.63) is 30.1 Å². The summed E-state index contributed by atoms with van der Waals surface area (Å²) >= 11 is 0. The molecule has 0 aromatic carbocycles. The predicted molar refractivity (Wildman–Crippen MR) is 85.9 cm³/mol. The van der Waals surface area contributed by atoms with E-state index in [1.54, 1.807) is 0 Å². The van der Waals surface area contributed by atoms with Gasteiger partial charge in [0.1, 0.15) is 0 Å². The van der Waals surface area contributed by atoms with Gasteiger partial charge in [-0.3, -0.25) is 4.98 Å². The second-order valence-electron chi connectivity index (χ2n) is 8.14. The molecule has 4 saturated carbocycles. The molecule has 1 aromatic rings. The molecule has 1 unspecified atom stereocenters. The van der Waals surface area contributed by atoms with Crippen LogP contribution in [0.5, 0.6) is 0 Å². The fourth-order valence-electron chi connectivity index (χ4n) is 5.98. The third kappa shape index (κ3) is 2.42. The molecular weight excluding hydrogens is 256 g/mol. The van der Waals surface area contributed by atoms with Crippen LogP contribution in [0.3, 0.4) is 0 Å². The van der Waals surface area contributed by atoms with Crippen LogP contribution < -0.4 is 5.32 Å². The van der Waals surface area contributed by atoms with Gasteiger partial charge in [-0.1, -0.05) is 6.07 Å². The normalized spacial score (nSPS) is 40.2. The van der Waals surface area contributed by atoms with Crippen molar-refractivity contribution < 1.29 is 0 Å². The van der Waals surface area contributed by atoms with Crippen molar-refractivity contribution in [2.75, 3.05) is 0 Å². The van der Waals surface area contributed by atoms with E-state index in [0.717, 1.165) is 17.8 Å². The van der Waals surface area contributed by atoms with Gasteiger partial charge in [0.25, 0.3) is 0 Å². The molecular formula is C19H28N2. The Balaban J connectivity index is 1.49. The van der Waals surface area contributed by atoms with Crippen molar-refractivity contribution in [3.8, 4) is 0 Å². The van der Waals surface area contributed by atoms with E-state index in [1.165, 1.54) is 44.2 Å². The molecule has 1 heterocycles. The first-order valence-corrected chi connectivity index (χ1v) is 8.81. The largest absolute Gasteiger partial charge is 0.306 e. The van der Waals surface area contributed by atoms with E-state index in [-0.39, 0.29) is 0 Å². The molecule has 0 aliphatic heterocycles. The minimum absolute atomic E-state index is 0.356. The summed E-state index contributed by atoms with van der Waals surface area (Å²) in [5.74, 6) is 3.10. The molecule has 1 N–H and O–H groups in total. The van der Waals surface area contributed by atoms with Crippen molar-refractivity contribution in [2.45, 2.75) is 64.5 Å². The molecule has 4 fully saturated rings. The van der Waals surface area contributed by atoms with Gasteiger partial charge < -0.3 is 5.32 Å². The number of nitrogens with one attached hydrogen (secondary N) is 1. The summed E-state index contributed by atoms with van der Waals surface area (Å²) in [4.78, 5) is 4.52. The van der Waals surface area contributed by atoms with Crippen LogP contribution in [0.4, 0.5) is 0 Å². The summed E-state index contributed by atoms with van der Waals surface area (Å²) in [5.41, 5.74) is 1.76. The number of hydrogen-bond acceptors (Lipinski definition) is 2. The molecule has 4 aliphatic rings. The van der Waals surface area contributed by atoms with Crippen LogP contribution in [-0.2, 0) is 0 Å². The quantitative estimate of drug-likeness (QED) is 0.889. The molecule has 4 aliphatic carbocycles. The van der Waals surface area contributed by atoms with E-state index in [0.29, 0.717) is 17.5 Å². The molecule has 1 aromatic heterocycles. The van der Waals surface area contributed by atoms with Crippen LogP contribution in [0, 0.1) is 23.2 Å². The zero-order chi connectivity index (χ0) is 14.4. The molecule has 0 spiro atoms. The first kappa shape index (κ1) is 13.8. The average Bonchev–Trinajstić information content (AvgIpc) is 2.46. The van der Waals surface area contributed by atoms with E-state index in [2.05, 4.69) is 36.3 Å². The lowest BCUT2D eigenvalue weighted by Crippen LogP contribution is -2.55. The van der Waals surface area contributed by atoms with Crippen LogP contribution in [0.1, 0.15) is 64.1 Å². The molecule has 4 bridgehead atoms. The molecule has 0 radical (unpaired) electrons. The standard InChI is InChI=1S/C19H28N2/c1-13(18-5-3-4-6-20-18)21-14(2)19-10-15-7-16(11-19)9-17(8-15)12-19/h3-6,13-17,21H,7-12H2,1-2H3/t13-,14?,15?,16?,17?,19?/m0/s1. The number of aromatic nitrogens is 1. The third-order valence-corrected chi connectivity index (χ3v) is 6.64. The maximum absolute atomic E-state index is 4.52. The van der Waals surface area contributed by atoms with Crippen LogP contribution >= 0.6 is 0 Å². The minimum Gasteiger partial charge on any atom is -0.306 e. The number of hydrogen-bond donors (Lipinski definition) is 1. The monoisotopic (exact) mass is 284 g/mol. The molecule has 5 rings (SSSR count). The van der Waals surface area contributed by atoms with Gasteiger partial charge in [0.15, 0.2) is 0 Å². The highest BCUT2D eigenvalue weighted by atomic mass is 15.0. The lowest BCUT2D eigenvalue weighted by molar-refractivity contribution is -0.0720. The smallest absolute Gasteiger partial charge is 0.0570 e. The minimum atomic E-state index is 0.356. The van der Waals surface area contributed by atoms with Gasteiger partial charge in [0.05, 0.1) is 5.69 Å². The summed E-state index contributed by atoms with van der Waals surface area (Å²) in [6.07, 6.45) is 10.9. The van der Waals surface area contributed by atoms with Crippen molar-refractivity contribution in [1.29, 1.82) is 0 Å². The van der Waals surface area contributed by atoms with Gasteiger partial charge in [0.2, 0.25) is 0 Å². The Morgan fingerprint density at radius 1 is 1.05 bits per heavy atom. The SMILES string of the molecule is CC(N[C@@H](C)c1ccccn1)C12CC3CC(CC(C3)C1)C2. The number of rotatable bonds is 4. The van der Waals surface area contributed by atoms with E-state index in [1.807, 2.05) is 12.3 Å². The van der Waals surface area contributed by atoms with E-state index in [9.17, 15) is 0 Å². The highest BCUT2D eigenvalue weighted by Crippen LogP contribution is 2.61. The summed E-state index contributed by atoms with van der Waals surface area (Å²) in [6, 6.07) is 7.20. The number of pyridine rings is 1. The third-order valence-electron chi connectivity index (χ3n) is 6.64. The van der Waals surface area contributed by atoms with Crippen molar-refractivity contribution >= 4 is 0 Å². The molecule has 0 amide bonds. The summed E-state index contributed by atoms with van der Waals surface area (Å²) in [6.45, 7) is 4.70. The fourth-order valence-corrected chi connectivity index (χ4v) is 5.98. The molecule has 21 heavy (non-hydrogen) atoms. The average molecular weight is 284 g/mol. The topological polar surface area (TPSA) is 24.9 Å². The Morgan fingerprint density at radius 3 is 2.19 bits per heavy atom. The first-order valence-electron chi connectivity index (χ1n) is 8.81. The fraction of sp³-hybridized carbons (Fsp3) is 0.737. The van der Waals surface area contributed by atoms with Gasteiger partial charge in [-0.05, 0) is 87.7 Å². The lowest BCUT2D eigenvalue weighted by atomic mass is 9.48. The Hall–Kier alpha value is -0.890. The molecule has 0 saturated heterocycles. The second-order valence-corrected chi connectivity index (χ2v) is 8.14. The summed E-state index contributed by atoms with van der Waals surface area (Å²) in [7, 11) is 0. The van der Waals surface area contributed by atoms with Crippen molar-refractivity contribution in [1.82, 2.24) is 10.3 Å². The van der Waals surface area contributed by atoms with E-state index < -0.39 is 0 Å². The van der Waals surface area contributed by atoms with Crippen LogP contribution in [0.15, 0.2) is 24.4 Å². The Kier molecular flexibility index (Phi) is 3.33. The highest BCUT2D eigenvalue weighted by Gasteiger charge is 2.53. The first-order chi connectivity index (χ1) is 10.1. The summed E-state index contributed by atoms with van der Waals surface area (Å²) < 4.78 is 0. The zero-order valence-electron chi connectivity index (χ0n) is 13.4. The number of nitrogens with zero attached hydrogens (tertiary/aromatic N) is 1. The maximum atomic E-state index is 4.52. The van der Waals surface area contributed by atoms with E-state index >= 15 is 0 Å². The second kappa shape index (κ2) is 5.08. The molecule has 114 valence electrons. The van der Waals surface area contributed by atoms with Crippen molar-refractivity contribution in [3.63, 3.8) is 0 Å². The van der Waals surface area contributed by atoms with Gasteiger partial charge >= 0.3 is 0 Å². The van der Waals surface area contributed by atoms with E-state index in [4.69, 9.17) is 0 Å². The van der Waals surface area contributed by atoms with Gasteiger partial charge in [0, 0.05) is 18.3 Å². The molecule has 2 nitrogen and oxygen atoms in total. The van der Waals surface area contributed by atoms with Gasteiger partial charge in [-0.2, -0.15) is 0 Å². The van der Waals surface area contributed by atoms with Crippen LogP contribution in [-0.4, -0.2) is 11.0 Å². The van der Waals surface area contributed by atoms with Gasteiger partial charge in [-0.15, -0.1) is 0 Å². The Morgan fingerprint density at radius 2 is 1.67 bits per heavy atom. The van der Waals surface area contributed by atoms with Crippen LogP contribution in [0.25, 0.3) is 0 Å². The van der Waals surface area contributed by atoms with Crippen molar-refractivity contribution in [2.24, 2.45) is 23.2 Å². The van der Waals surface area contributed by atoms with Gasteiger partial charge in [-0.25, -0.2) is 0 Å². The Labute approximate surface area is 128 Å². The lowest BCUT2D eigenvalue weighted by Gasteiger charge is -2.59. The molecule has 2 atom stereocenters. The Bertz CT molecular complexity index is 460. The zero-order valence-corrected chi connectivity index (χ0v) is 13.4. The maximum Gasteiger partial charge on any atom is 0.0570 e. The van der Waals surface area contributed by atoms with Crippen LogP contribution in [0.2, 0.25) is 0 Å². The summed E-state index contributed by atoms with van der Waals surface area (Å²) in [5, 5.41) is 3.89.